The second-order valence-electron chi connectivity index (χ2n) is 4.17. The maximum Gasteiger partial charge on any atom is 0.228 e. The minimum Gasteiger partial charge on any atom is -0.326 e. The molecule has 2 aromatic carbocycles. The van der Waals surface area contributed by atoms with Gasteiger partial charge in [0.15, 0.2) is 0 Å². The Morgan fingerprint density at radius 2 is 1.89 bits per heavy atom. The summed E-state index contributed by atoms with van der Waals surface area (Å²) in [5.74, 6) is -0.352. The Morgan fingerprint density at radius 3 is 2.56 bits per heavy atom. The van der Waals surface area contributed by atoms with Gasteiger partial charge in [-0.15, -0.1) is 0 Å². The number of rotatable bonds is 3. The minimum absolute atomic E-state index is 0.104. The number of nitrogens with one attached hydrogen (secondary N) is 1. The Kier molecular flexibility index (Phi) is 3.72. The van der Waals surface area contributed by atoms with Crippen molar-refractivity contribution in [3.63, 3.8) is 0 Å². The number of hydrogen-bond donors (Lipinski definition) is 1. The zero-order valence-corrected chi connectivity index (χ0v) is 10.1. The van der Waals surface area contributed by atoms with Crippen molar-refractivity contribution in [3.05, 3.63) is 65.5 Å². The summed E-state index contributed by atoms with van der Waals surface area (Å²) in [5, 5.41) is 2.79. The number of halogens is 1. The molecule has 0 unspecified atom stereocenters. The third-order valence-corrected chi connectivity index (χ3v) is 2.64. The topological polar surface area (TPSA) is 29.1 Å². The number of hydrogen-bond acceptors (Lipinski definition) is 1. The van der Waals surface area contributed by atoms with E-state index in [0.717, 1.165) is 11.3 Å². The van der Waals surface area contributed by atoms with Gasteiger partial charge in [-0.1, -0.05) is 30.3 Å². The molecule has 2 aromatic rings. The first-order chi connectivity index (χ1) is 8.65. The van der Waals surface area contributed by atoms with Crippen LogP contribution < -0.4 is 5.32 Å². The summed E-state index contributed by atoms with van der Waals surface area (Å²) in [7, 11) is 0. The monoisotopic (exact) mass is 243 g/mol. The Hall–Kier alpha value is -2.16. The van der Waals surface area contributed by atoms with Gasteiger partial charge >= 0.3 is 0 Å². The third-order valence-electron chi connectivity index (χ3n) is 2.64. The molecule has 18 heavy (non-hydrogen) atoms. The maximum atomic E-state index is 13.1. The molecule has 0 atom stereocenters. The predicted octanol–water partition coefficient (Wildman–Crippen LogP) is 3.32. The first-order valence-corrected chi connectivity index (χ1v) is 5.75. The molecule has 0 spiro atoms. The van der Waals surface area contributed by atoms with Crippen LogP contribution in [0.2, 0.25) is 0 Å². The summed E-state index contributed by atoms with van der Waals surface area (Å²) >= 11 is 0. The average molecular weight is 243 g/mol. The lowest BCUT2D eigenvalue weighted by Gasteiger charge is -2.06. The summed E-state index contributed by atoms with van der Waals surface area (Å²) in [6.07, 6.45) is 0.246. The fourth-order valence-electron chi connectivity index (χ4n) is 1.73. The van der Waals surface area contributed by atoms with Gasteiger partial charge in [-0.3, -0.25) is 4.79 Å². The molecule has 0 heterocycles. The van der Waals surface area contributed by atoms with Gasteiger partial charge in [-0.2, -0.15) is 0 Å². The van der Waals surface area contributed by atoms with Gasteiger partial charge < -0.3 is 5.32 Å². The lowest BCUT2D eigenvalue weighted by molar-refractivity contribution is -0.115. The van der Waals surface area contributed by atoms with Crippen LogP contribution in [0.3, 0.4) is 0 Å². The number of para-hydroxylation sites is 1. The normalized spacial score (nSPS) is 10.1. The number of aryl methyl sites for hydroxylation is 1. The van der Waals surface area contributed by atoms with Crippen LogP contribution in [-0.4, -0.2) is 5.91 Å². The van der Waals surface area contributed by atoms with Crippen molar-refractivity contribution >= 4 is 11.6 Å². The van der Waals surface area contributed by atoms with E-state index in [-0.39, 0.29) is 18.1 Å². The van der Waals surface area contributed by atoms with Gasteiger partial charge in [0.1, 0.15) is 5.82 Å². The van der Waals surface area contributed by atoms with E-state index >= 15 is 0 Å². The van der Waals surface area contributed by atoms with Gasteiger partial charge in [0.05, 0.1) is 6.42 Å². The molecule has 1 N–H and O–H groups in total. The molecular weight excluding hydrogens is 229 g/mol. The number of benzene rings is 2. The van der Waals surface area contributed by atoms with Gasteiger partial charge in [0, 0.05) is 5.69 Å². The number of carbonyl (C=O) groups excluding carboxylic acids is 1. The summed E-state index contributed by atoms with van der Waals surface area (Å²) in [4.78, 5) is 11.8. The molecule has 2 rings (SSSR count). The maximum absolute atomic E-state index is 13.1. The summed E-state index contributed by atoms with van der Waals surface area (Å²) in [6, 6.07) is 14.0. The molecule has 0 saturated carbocycles. The van der Waals surface area contributed by atoms with E-state index in [1.54, 1.807) is 19.1 Å². The Bertz CT molecular complexity index is 552. The standard InChI is InChI=1S/C15H14FNO/c1-11-9-12(7-8-14(11)16)10-15(18)17-13-5-3-2-4-6-13/h2-9H,10H2,1H3,(H,17,18). The van der Waals surface area contributed by atoms with Crippen molar-refractivity contribution in [2.75, 3.05) is 5.32 Å². The molecule has 0 aliphatic rings. The summed E-state index contributed by atoms with van der Waals surface area (Å²) in [6.45, 7) is 1.69. The Labute approximate surface area is 105 Å². The van der Waals surface area contributed by atoms with E-state index in [9.17, 15) is 9.18 Å². The van der Waals surface area contributed by atoms with Crippen LogP contribution >= 0.6 is 0 Å². The Balaban J connectivity index is 2.01. The van der Waals surface area contributed by atoms with Gasteiger partial charge in [-0.25, -0.2) is 4.39 Å². The molecule has 0 bridgehead atoms. The van der Waals surface area contributed by atoms with Crippen LogP contribution in [0, 0.1) is 12.7 Å². The van der Waals surface area contributed by atoms with Crippen LogP contribution in [0.25, 0.3) is 0 Å². The number of carbonyl (C=O) groups is 1. The highest BCUT2D eigenvalue weighted by Crippen LogP contribution is 2.11. The van der Waals surface area contributed by atoms with Crippen LogP contribution in [0.15, 0.2) is 48.5 Å². The Morgan fingerprint density at radius 1 is 1.17 bits per heavy atom. The van der Waals surface area contributed by atoms with Crippen molar-refractivity contribution in [3.8, 4) is 0 Å². The zero-order valence-electron chi connectivity index (χ0n) is 10.1. The molecule has 0 aliphatic heterocycles. The highest BCUT2D eigenvalue weighted by Gasteiger charge is 2.05. The van der Waals surface area contributed by atoms with Crippen LogP contribution in [-0.2, 0) is 11.2 Å². The van der Waals surface area contributed by atoms with E-state index in [4.69, 9.17) is 0 Å². The highest BCUT2D eigenvalue weighted by atomic mass is 19.1. The molecule has 0 fully saturated rings. The molecule has 0 aliphatic carbocycles. The SMILES string of the molecule is Cc1cc(CC(=O)Nc2ccccc2)ccc1F. The van der Waals surface area contributed by atoms with Crippen molar-refractivity contribution in [2.24, 2.45) is 0 Å². The molecule has 0 radical (unpaired) electrons. The van der Waals surface area contributed by atoms with Crippen molar-refractivity contribution < 1.29 is 9.18 Å². The minimum atomic E-state index is -0.248. The van der Waals surface area contributed by atoms with Crippen molar-refractivity contribution in [1.82, 2.24) is 0 Å². The lowest BCUT2D eigenvalue weighted by atomic mass is 10.1. The second-order valence-corrected chi connectivity index (χ2v) is 4.17. The van der Waals surface area contributed by atoms with E-state index in [2.05, 4.69) is 5.32 Å². The molecule has 2 nitrogen and oxygen atoms in total. The van der Waals surface area contributed by atoms with E-state index in [1.807, 2.05) is 30.3 Å². The molecule has 0 saturated heterocycles. The van der Waals surface area contributed by atoms with Crippen LogP contribution in [0.1, 0.15) is 11.1 Å². The van der Waals surface area contributed by atoms with E-state index in [0.29, 0.717) is 5.56 Å². The molecule has 3 heteroatoms. The van der Waals surface area contributed by atoms with E-state index < -0.39 is 0 Å². The predicted molar refractivity (Wildman–Crippen MR) is 69.9 cm³/mol. The number of amides is 1. The average Bonchev–Trinajstić information content (AvgIpc) is 2.35. The van der Waals surface area contributed by atoms with Gasteiger partial charge in [-0.05, 0) is 36.2 Å². The molecular formula is C15H14FNO. The highest BCUT2D eigenvalue weighted by molar-refractivity contribution is 5.92. The van der Waals surface area contributed by atoms with Crippen LogP contribution in [0.4, 0.5) is 10.1 Å². The molecule has 1 amide bonds. The van der Waals surface area contributed by atoms with Crippen LogP contribution in [0.5, 0.6) is 0 Å². The van der Waals surface area contributed by atoms with E-state index in [1.165, 1.54) is 6.07 Å². The summed E-state index contributed by atoms with van der Waals surface area (Å²) < 4.78 is 13.1. The fraction of sp³-hybridized carbons (Fsp3) is 0.133. The zero-order chi connectivity index (χ0) is 13.0. The summed E-state index contributed by atoms with van der Waals surface area (Å²) in [5.41, 5.74) is 2.13. The van der Waals surface area contributed by atoms with Gasteiger partial charge in [0.25, 0.3) is 0 Å². The molecule has 92 valence electrons. The number of anilines is 1. The molecule has 0 aromatic heterocycles. The first-order valence-electron chi connectivity index (χ1n) is 5.75. The third kappa shape index (κ3) is 3.17. The lowest BCUT2D eigenvalue weighted by Crippen LogP contribution is -2.14. The van der Waals surface area contributed by atoms with Crippen molar-refractivity contribution in [2.45, 2.75) is 13.3 Å². The first kappa shape index (κ1) is 12.3. The second kappa shape index (κ2) is 5.45. The quantitative estimate of drug-likeness (QED) is 0.880. The van der Waals surface area contributed by atoms with Crippen molar-refractivity contribution in [1.29, 1.82) is 0 Å². The smallest absolute Gasteiger partial charge is 0.228 e. The largest absolute Gasteiger partial charge is 0.326 e. The fourth-order valence-corrected chi connectivity index (χ4v) is 1.73. The van der Waals surface area contributed by atoms with Gasteiger partial charge in [0.2, 0.25) is 5.91 Å².